The maximum Gasteiger partial charge on any atom is 0.223 e. The van der Waals surface area contributed by atoms with Crippen LogP contribution in [-0.2, 0) is 21.2 Å². The average molecular weight is 381 g/mol. The molecule has 0 aliphatic heterocycles. The van der Waals surface area contributed by atoms with Gasteiger partial charge in [-0.3, -0.25) is 4.79 Å². The molecule has 0 aromatic heterocycles. The van der Waals surface area contributed by atoms with Gasteiger partial charge in [-0.05, 0) is 24.1 Å². The number of rotatable bonds is 8. The van der Waals surface area contributed by atoms with Crippen molar-refractivity contribution >= 4 is 33.2 Å². The second-order valence-corrected chi connectivity index (χ2v) is 7.90. The highest BCUT2D eigenvalue weighted by Gasteiger charge is 2.16. The molecule has 0 radical (unpaired) electrons. The molecule has 7 heteroatoms. The van der Waals surface area contributed by atoms with Gasteiger partial charge in [0.2, 0.25) is 15.9 Å². The Morgan fingerprint density at radius 2 is 1.72 bits per heavy atom. The van der Waals surface area contributed by atoms with Crippen LogP contribution in [0.4, 0.5) is 5.69 Å². The van der Waals surface area contributed by atoms with Crippen LogP contribution in [0.3, 0.4) is 0 Å². The zero-order valence-electron chi connectivity index (χ0n) is 14.0. The van der Waals surface area contributed by atoms with Crippen molar-refractivity contribution in [2.75, 3.05) is 23.7 Å². The number of carbonyl (C=O) groups is 1. The first kappa shape index (κ1) is 19.4. The average Bonchev–Trinajstić information content (AvgIpc) is 2.59. The summed E-state index contributed by atoms with van der Waals surface area (Å²) in [4.78, 5) is 13.3. The van der Waals surface area contributed by atoms with Gasteiger partial charge in [-0.15, -0.1) is 0 Å². The highest BCUT2D eigenvalue weighted by Crippen LogP contribution is 2.24. The van der Waals surface area contributed by atoms with E-state index in [1.807, 2.05) is 30.3 Å². The van der Waals surface area contributed by atoms with Gasteiger partial charge in [0.15, 0.2) is 0 Å². The lowest BCUT2D eigenvalue weighted by Gasteiger charge is -2.22. The second kappa shape index (κ2) is 8.99. The van der Waals surface area contributed by atoms with Crippen molar-refractivity contribution in [1.29, 1.82) is 0 Å². The molecule has 0 aliphatic rings. The molecule has 2 aromatic carbocycles. The molecule has 0 saturated carbocycles. The maximum absolute atomic E-state index is 12.1. The maximum atomic E-state index is 12.1. The van der Waals surface area contributed by atoms with Crippen LogP contribution in [0.2, 0.25) is 5.02 Å². The fourth-order valence-corrected chi connectivity index (χ4v) is 3.69. The molecule has 0 bridgehead atoms. The van der Waals surface area contributed by atoms with Gasteiger partial charge in [-0.2, -0.15) is 0 Å². The van der Waals surface area contributed by atoms with Gasteiger partial charge in [-0.25, -0.2) is 13.1 Å². The number of carbonyl (C=O) groups excluding carboxylic acids is 1. The van der Waals surface area contributed by atoms with Crippen LogP contribution >= 0.6 is 11.6 Å². The quantitative estimate of drug-likeness (QED) is 0.765. The molecule has 0 aliphatic carbocycles. The Kier molecular flexibility index (Phi) is 6.99. The third kappa shape index (κ3) is 6.16. The normalized spacial score (nSPS) is 11.3. The summed E-state index contributed by atoms with van der Waals surface area (Å²) >= 11 is 6.12. The SMILES string of the molecule is CC(=O)N(CCNS(=O)(=O)CCc1ccccc1)c1ccccc1Cl. The molecule has 1 N–H and O–H groups in total. The number of nitrogens with zero attached hydrogens (tertiary/aromatic N) is 1. The van der Waals surface area contributed by atoms with E-state index < -0.39 is 10.0 Å². The Bertz CT molecular complexity index is 810. The van der Waals surface area contributed by atoms with Gasteiger partial charge in [0.05, 0.1) is 16.5 Å². The largest absolute Gasteiger partial charge is 0.310 e. The molecule has 0 spiro atoms. The van der Waals surface area contributed by atoms with Gasteiger partial charge in [0, 0.05) is 20.0 Å². The molecular weight excluding hydrogens is 360 g/mol. The monoisotopic (exact) mass is 380 g/mol. The minimum atomic E-state index is -3.41. The molecule has 0 atom stereocenters. The lowest BCUT2D eigenvalue weighted by atomic mass is 10.2. The van der Waals surface area contributed by atoms with Crippen molar-refractivity contribution in [3.63, 3.8) is 0 Å². The van der Waals surface area contributed by atoms with E-state index in [4.69, 9.17) is 11.6 Å². The fourth-order valence-electron chi connectivity index (χ4n) is 2.40. The van der Waals surface area contributed by atoms with Gasteiger partial charge in [0.25, 0.3) is 0 Å². The van der Waals surface area contributed by atoms with E-state index in [-0.39, 0.29) is 24.7 Å². The Morgan fingerprint density at radius 1 is 1.08 bits per heavy atom. The summed E-state index contributed by atoms with van der Waals surface area (Å²) in [7, 11) is -3.41. The minimum Gasteiger partial charge on any atom is -0.310 e. The zero-order chi connectivity index (χ0) is 18.3. The molecular formula is C18H21ClN2O3S. The van der Waals surface area contributed by atoms with E-state index in [1.54, 1.807) is 24.3 Å². The third-order valence-electron chi connectivity index (χ3n) is 3.68. The number of sulfonamides is 1. The summed E-state index contributed by atoms with van der Waals surface area (Å²) in [5.41, 5.74) is 1.54. The number of benzene rings is 2. The first-order valence-corrected chi connectivity index (χ1v) is 9.96. The third-order valence-corrected chi connectivity index (χ3v) is 5.39. The molecule has 2 aromatic rings. The molecule has 1 amide bonds. The number of amides is 1. The summed E-state index contributed by atoms with van der Waals surface area (Å²) in [6.07, 6.45) is 0.442. The molecule has 0 unspecified atom stereocenters. The molecule has 134 valence electrons. The molecule has 0 heterocycles. The summed E-state index contributed by atoms with van der Waals surface area (Å²) in [6, 6.07) is 16.4. The highest BCUT2D eigenvalue weighted by atomic mass is 35.5. The van der Waals surface area contributed by atoms with Crippen LogP contribution < -0.4 is 9.62 Å². The van der Waals surface area contributed by atoms with Crippen molar-refractivity contribution in [1.82, 2.24) is 4.72 Å². The van der Waals surface area contributed by atoms with E-state index in [0.29, 0.717) is 17.1 Å². The van der Waals surface area contributed by atoms with E-state index in [2.05, 4.69) is 4.72 Å². The van der Waals surface area contributed by atoms with Crippen molar-refractivity contribution < 1.29 is 13.2 Å². The van der Waals surface area contributed by atoms with Crippen molar-refractivity contribution in [2.24, 2.45) is 0 Å². The van der Waals surface area contributed by atoms with E-state index >= 15 is 0 Å². The minimum absolute atomic E-state index is 0.00315. The van der Waals surface area contributed by atoms with E-state index in [0.717, 1.165) is 5.56 Å². The number of hydrogen-bond donors (Lipinski definition) is 1. The number of nitrogens with one attached hydrogen (secondary N) is 1. The number of anilines is 1. The molecule has 25 heavy (non-hydrogen) atoms. The Balaban J connectivity index is 1.90. The highest BCUT2D eigenvalue weighted by molar-refractivity contribution is 7.89. The first-order valence-electron chi connectivity index (χ1n) is 7.93. The standard InChI is InChI=1S/C18H21ClN2O3S/c1-15(22)21(18-10-6-5-9-17(18)19)13-12-20-25(23,24)14-11-16-7-3-2-4-8-16/h2-10,20H,11-14H2,1H3. The Labute approximate surface area is 153 Å². The first-order chi connectivity index (χ1) is 11.9. The van der Waals surface area contributed by atoms with Crippen molar-refractivity contribution in [2.45, 2.75) is 13.3 Å². The second-order valence-electron chi connectivity index (χ2n) is 5.57. The van der Waals surface area contributed by atoms with Crippen LogP contribution in [0.25, 0.3) is 0 Å². The van der Waals surface area contributed by atoms with Crippen LogP contribution in [0, 0.1) is 0 Å². The molecule has 2 rings (SSSR count). The zero-order valence-corrected chi connectivity index (χ0v) is 15.6. The van der Waals surface area contributed by atoms with Gasteiger partial charge in [0.1, 0.15) is 0 Å². The van der Waals surface area contributed by atoms with E-state index in [9.17, 15) is 13.2 Å². The van der Waals surface area contributed by atoms with Crippen LogP contribution in [-0.4, -0.2) is 33.2 Å². The van der Waals surface area contributed by atoms with E-state index in [1.165, 1.54) is 11.8 Å². The van der Waals surface area contributed by atoms with Crippen LogP contribution in [0.1, 0.15) is 12.5 Å². The predicted octanol–water partition coefficient (Wildman–Crippen LogP) is 2.86. The summed E-state index contributed by atoms with van der Waals surface area (Å²) < 4.78 is 26.8. The predicted molar refractivity (Wildman–Crippen MR) is 101 cm³/mol. The van der Waals surface area contributed by atoms with Crippen LogP contribution in [0.5, 0.6) is 0 Å². The Morgan fingerprint density at radius 3 is 2.36 bits per heavy atom. The molecule has 0 saturated heterocycles. The summed E-state index contributed by atoms with van der Waals surface area (Å²) in [5, 5.41) is 0.449. The molecule has 5 nitrogen and oxygen atoms in total. The fraction of sp³-hybridized carbons (Fsp3) is 0.278. The summed E-state index contributed by atoms with van der Waals surface area (Å²) in [6.45, 7) is 1.76. The van der Waals surface area contributed by atoms with Gasteiger partial charge in [-0.1, -0.05) is 54.1 Å². The topological polar surface area (TPSA) is 66.5 Å². The lowest BCUT2D eigenvalue weighted by molar-refractivity contribution is -0.116. The van der Waals surface area contributed by atoms with Crippen molar-refractivity contribution in [3.05, 3.63) is 65.2 Å². The smallest absolute Gasteiger partial charge is 0.223 e. The molecule has 0 fully saturated rings. The van der Waals surface area contributed by atoms with Crippen molar-refractivity contribution in [3.8, 4) is 0 Å². The summed E-state index contributed by atoms with van der Waals surface area (Å²) in [5.74, 6) is -0.194. The number of aryl methyl sites for hydroxylation is 1. The van der Waals surface area contributed by atoms with Crippen LogP contribution in [0.15, 0.2) is 54.6 Å². The van der Waals surface area contributed by atoms with Gasteiger partial charge >= 0.3 is 0 Å². The number of hydrogen-bond acceptors (Lipinski definition) is 3. The lowest BCUT2D eigenvalue weighted by Crippen LogP contribution is -2.38. The number of halogens is 1. The number of para-hydroxylation sites is 1. The van der Waals surface area contributed by atoms with Gasteiger partial charge < -0.3 is 4.90 Å². The Hall–Kier alpha value is -1.89.